The molecule has 3 N–H and O–H groups in total. The highest BCUT2D eigenvalue weighted by molar-refractivity contribution is 14.1. The zero-order valence-electron chi connectivity index (χ0n) is 19.0. The number of thioether (sulfide) groups is 1. The molecule has 1 amide bonds. The molecule has 35 heavy (non-hydrogen) atoms. The van der Waals surface area contributed by atoms with Crippen LogP contribution in [0.15, 0.2) is 108 Å². The van der Waals surface area contributed by atoms with Gasteiger partial charge in [-0.25, -0.2) is 0 Å². The molecule has 0 aromatic heterocycles. The van der Waals surface area contributed by atoms with Gasteiger partial charge in [0.15, 0.2) is 5.11 Å². The Morgan fingerprint density at radius 2 is 1.40 bits per heavy atom. The molecule has 0 bridgehead atoms. The molecule has 0 saturated heterocycles. The van der Waals surface area contributed by atoms with Crippen LogP contribution in [-0.4, -0.2) is 11.0 Å². The van der Waals surface area contributed by atoms with Gasteiger partial charge < -0.3 is 16.0 Å². The highest BCUT2D eigenvalue weighted by atomic mass is 127. The first-order chi connectivity index (χ1) is 17.0. The summed E-state index contributed by atoms with van der Waals surface area (Å²) in [6, 6.07) is 33.6. The van der Waals surface area contributed by atoms with Gasteiger partial charge >= 0.3 is 0 Å². The molecule has 176 valence electrons. The second-order valence-electron chi connectivity index (χ2n) is 7.88. The lowest BCUT2D eigenvalue weighted by Crippen LogP contribution is -2.19. The topological polar surface area (TPSA) is 53.2 Å². The Labute approximate surface area is 229 Å². The number of carbonyl (C=O) groups excluding carboxylic acids is 1. The summed E-state index contributed by atoms with van der Waals surface area (Å²) in [6.45, 7) is 2.05. The van der Waals surface area contributed by atoms with Crippen LogP contribution in [0.5, 0.6) is 0 Å². The molecule has 0 aliphatic carbocycles. The van der Waals surface area contributed by atoms with E-state index in [1.165, 1.54) is 17.3 Å². The van der Waals surface area contributed by atoms with Crippen molar-refractivity contribution < 1.29 is 4.79 Å². The summed E-state index contributed by atoms with van der Waals surface area (Å²) >= 11 is 9.24. The number of benzene rings is 4. The van der Waals surface area contributed by atoms with Crippen LogP contribution in [0, 0.1) is 10.5 Å². The summed E-state index contributed by atoms with van der Waals surface area (Å²) < 4.78 is 1.12. The van der Waals surface area contributed by atoms with Crippen LogP contribution in [0.1, 0.15) is 16.4 Å². The van der Waals surface area contributed by atoms with E-state index in [1.807, 2.05) is 110 Å². The number of hydrogen-bond acceptors (Lipinski definition) is 3. The summed E-state index contributed by atoms with van der Waals surface area (Å²) in [4.78, 5) is 14.3. The molecule has 1 atom stereocenters. The van der Waals surface area contributed by atoms with E-state index in [0.29, 0.717) is 5.11 Å². The van der Waals surface area contributed by atoms with Gasteiger partial charge in [0.2, 0.25) is 5.91 Å². The van der Waals surface area contributed by atoms with Gasteiger partial charge in [0.1, 0.15) is 5.25 Å². The number of rotatable bonds is 7. The van der Waals surface area contributed by atoms with Crippen molar-refractivity contribution in [1.29, 1.82) is 0 Å². The molecule has 0 fully saturated rings. The Morgan fingerprint density at radius 3 is 2.11 bits per heavy atom. The van der Waals surface area contributed by atoms with Crippen LogP contribution in [0.3, 0.4) is 0 Å². The summed E-state index contributed by atoms with van der Waals surface area (Å²) in [5.41, 5.74) is 4.69. The number of thiocarbonyl (C=S) groups is 1. The highest BCUT2D eigenvalue weighted by Crippen LogP contribution is 2.37. The van der Waals surface area contributed by atoms with E-state index in [4.69, 9.17) is 12.2 Å². The van der Waals surface area contributed by atoms with Crippen LogP contribution < -0.4 is 16.0 Å². The molecule has 7 heteroatoms. The lowest BCUT2D eigenvalue weighted by Gasteiger charge is -2.18. The number of hydrogen-bond donors (Lipinski definition) is 3. The van der Waals surface area contributed by atoms with Crippen molar-refractivity contribution in [3.63, 3.8) is 0 Å². The zero-order chi connectivity index (χ0) is 24.6. The summed E-state index contributed by atoms with van der Waals surface area (Å²) in [6.07, 6.45) is 0. The Balaban J connectivity index is 1.48. The van der Waals surface area contributed by atoms with Crippen LogP contribution in [-0.2, 0) is 4.79 Å². The predicted octanol–water partition coefficient (Wildman–Crippen LogP) is 7.88. The standard InChI is InChI=1S/C28H24IN3OS2/c1-19-10-14-23(15-11-19)31-28(34)32-24-8-5-9-25(18-24)35-26(20-6-3-2-4-7-20)27(33)30-22-16-12-21(29)13-17-22/h2-18,26H,1H3,(H,30,33)(H2,31,32,34). The molecular weight excluding hydrogens is 585 g/mol. The van der Waals surface area contributed by atoms with Crippen molar-refractivity contribution in [3.8, 4) is 0 Å². The van der Waals surface area contributed by atoms with Crippen LogP contribution >= 0.6 is 46.6 Å². The van der Waals surface area contributed by atoms with Crippen LogP contribution in [0.2, 0.25) is 0 Å². The van der Waals surface area contributed by atoms with E-state index in [2.05, 4.69) is 38.5 Å². The average molecular weight is 610 g/mol. The van der Waals surface area contributed by atoms with Gasteiger partial charge in [-0.05, 0) is 102 Å². The van der Waals surface area contributed by atoms with Gasteiger partial charge in [-0.15, -0.1) is 11.8 Å². The molecule has 0 aliphatic heterocycles. The van der Waals surface area contributed by atoms with Crippen molar-refractivity contribution in [3.05, 3.63) is 118 Å². The number of anilines is 3. The lowest BCUT2D eigenvalue weighted by atomic mass is 10.1. The van der Waals surface area contributed by atoms with E-state index in [1.54, 1.807) is 0 Å². The first-order valence-corrected chi connectivity index (χ1v) is 13.4. The Bertz CT molecular complexity index is 1300. The maximum Gasteiger partial charge on any atom is 0.242 e. The minimum atomic E-state index is -0.414. The third-order valence-electron chi connectivity index (χ3n) is 5.11. The van der Waals surface area contributed by atoms with Gasteiger partial charge in [0, 0.05) is 25.5 Å². The largest absolute Gasteiger partial charge is 0.332 e. The quantitative estimate of drug-likeness (QED) is 0.113. The molecule has 4 aromatic rings. The monoisotopic (exact) mass is 609 g/mol. The summed E-state index contributed by atoms with van der Waals surface area (Å²) in [5.74, 6) is -0.0719. The smallest absolute Gasteiger partial charge is 0.242 e. The van der Waals surface area contributed by atoms with Crippen molar-refractivity contribution in [1.82, 2.24) is 0 Å². The summed E-state index contributed by atoms with van der Waals surface area (Å²) in [5, 5.41) is 9.59. The Morgan fingerprint density at radius 1 is 0.771 bits per heavy atom. The van der Waals surface area contributed by atoms with E-state index in [0.717, 1.165) is 31.1 Å². The highest BCUT2D eigenvalue weighted by Gasteiger charge is 2.22. The fraction of sp³-hybridized carbons (Fsp3) is 0.0714. The molecule has 0 saturated carbocycles. The van der Waals surface area contributed by atoms with Crippen molar-refractivity contribution in [2.45, 2.75) is 17.1 Å². The second kappa shape index (κ2) is 12.2. The fourth-order valence-corrected chi connectivity index (χ4v) is 5.03. The predicted molar refractivity (Wildman–Crippen MR) is 160 cm³/mol. The lowest BCUT2D eigenvalue weighted by molar-refractivity contribution is -0.115. The van der Waals surface area contributed by atoms with Gasteiger partial charge in [-0.3, -0.25) is 4.79 Å². The van der Waals surface area contributed by atoms with Crippen molar-refractivity contribution in [2.24, 2.45) is 0 Å². The van der Waals surface area contributed by atoms with Crippen molar-refractivity contribution >= 4 is 74.7 Å². The molecule has 4 nitrogen and oxygen atoms in total. The molecule has 0 radical (unpaired) electrons. The molecule has 0 aliphatic rings. The maximum absolute atomic E-state index is 13.3. The van der Waals surface area contributed by atoms with E-state index < -0.39 is 5.25 Å². The third-order valence-corrected chi connectivity index (χ3v) is 7.28. The summed E-state index contributed by atoms with van der Waals surface area (Å²) in [7, 11) is 0. The maximum atomic E-state index is 13.3. The third kappa shape index (κ3) is 7.55. The minimum Gasteiger partial charge on any atom is -0.332 e. The number of halogens is 1. The zero-order valence-corrected chi connectivity index (χ0v) is 22.8. The number of aryl methyl sites for hydroxylation is 1. The van der Waals surface area contributed by atoms with Gasteiger partial charge in [0.05, 0.1) is 0 Å². The SMILES string of the molecule is Cc1ccc(NC(=S)Nc2cccc(SC(C(=O)Nc3ccc(I)cc3)c3ccccc3)c2)cc1. The van der Waals surface area contributed by atoms with Gasteiger partial charge in [-0.2, -0.15) is 0 Å². The van der Waals surface area contributed by atoms with E-state index >= 15 is 0 Å². The average Bonchev–Trinajstić information content (AvgIpc) is 2.86. The Kier molecular flexibility index (Phi) is 8.79. The van der Waals surface area contributed by atoms with Crippen LogP contribution in [0.4, 0.5) is 17.1 Å². The molecule has 0 heterocycles. The number of carbonyl (C=O) groups is 1. The van der Waals surface area contributed by atoms with E-state index in [9.17, 15) is 4.79 Å². The van der Waals surface area contributed by atoms with Crippen LogP contribution in [0.25, 0.3) is 0 Å². The number of nitrogens with one attached hydrogen (secondary N) is 3. The first kappa shape index (κ1) is 25.2. The molecule has 0 spiro atoms. The van der Waals surface area contributed by atoms with Gasteiger partial charge in [0.25, 0.3) is 0 Å². The van der Waals surface area contributed by atoms with Gasteiger partial charge in [-0.1, -0.05) is 54.1 Å². The van der Waals surface area contributed by atoms with Crippen molar-refractivity contribution in [2.75, 3.05) is 16.0 Å². The number of amides is 1. The Hall–Kier alpha value is -2.88. The molecule has 4 rings (SSSR count). The fourth-order valence-electron chi connectivity index (χ4n) is 3.36. The van der Waals surface area contributed by atoms with E-state index in [-0.39, 0.29) is 5.91 Å². The molecular formula is C28H24IN3OS2. The normalized spacial score (nSPS) is 11.4. The molecule has 4 aromatic carbocycles. The first-order valence-electron chi connectivity index (χ1n) is 11.0. The minimum absolute atomic E-state index is 0.0719. The second-order valence-corrected chi connectivity index (χ2v) is 10.7. The molecule has 1 unspecified atom stereocenters.